The molecule has 5 nitrogen and oxygen atoms in total. The van der Waals surface area contributed by atoms with Gasteiger partial charge in [-0.2, -0.15) is 13.2 Å². The fourth-order valence-electron chi connectivity index (χ4n) is 4.70. The second kappa shape index (κ2) is 8.29. The van der Waals surface area contributed by atoms with Crippen LogP contribution in [0.2, 0.25) is 0 Å². The summed E-state index contributed by atoms with van der Waals surface area (Å²) in [6.45, 7) is 1.60. The van der Waals surface area contributed by atoms with Crippen LogP contribution < -0.4 is 0 Å². The number of carbonyl (C=O) groups excluding carboxylic acids is 2. The van der Waals surface area contributed by atoms with Gasteiger partial charge in [-0.05, 0) is 55.2 Å². The van der Waals surface area contributed by atoms with E-state index < -0.39 is 29.3 Å². The van der Waals surface area contributed by atoms with Crippen molar-refractivity contribution in [1.82, 2.24) is 9.55 Å². The van der Waals surface area contributed by atoms with E-state index in [1.165, 1.54) is 48.3 Å². The van der Waals surface area contributed by atoms with Crippen molar-refractivity contribution in [2.75, 3.05) is 7.11 Å². The van der Waals surface area contributed by atoms with Crippen LogP contribution in [0.4, 0.5) is 17.6 Å². The SMILES string of the molecule is COC(=O)c1ccc(-c2cn(C(=O)c3c(C)cccc3C3(C(F)(F)F)CC3)c3cccnc23)c(F)c1. The number of carbonyl (C=O) groups is 2. The Morgan fingerprint density at radius 2 is 1.81 bits per heavy atom. The lowest BCUT2D eigenvalue weighted by molar-refractivity contribution is -0.160. The summed E-state index contributed by atoms with van der Waals surface area (Å²) in [5.74, 6) is -2.10. The summed E-state index contributed by atoms with van der Waals surface area (Å²) >= 11 is 0. The molecule has 1 aliphatic rings. The van der Waals surface area contributed by atoms with Crippen LogP contribution in [0.25, 0.3) is 22.2 Å². The maximum absolute atomic E-state index is 15.1. The standard InChI is InChI=1S/C27H20F4N2O3/c1-15-5-3-6-19(26(10-11-26)27(29,30)31)22(15)24(34)33-14-18(23-21(33)7-4-12-32-23)17-9-8-16(13-20(17)28)25(35)36-2/h3-9,12-14H,10-11H2,1-2H3. The van der Waals surface area contributed by atoms with Gasteiger partial charge in [0, 0.05) is 29.1 Å². The molecule has 9 heteroatoms. The number of benzene rings is 2. The predicted octanol–water partition coefficient (Wildman–Crippen LogP) is 6.22. The van der Waals surface area contributed by atoms with Crippen LogP contribution in [-0.4, -0.2) is 34.7 Å². The second-order valence-electron chi connectivity index (χ2n) is 8.85. The van der Waals surface area contributed by atoms with Crippen molar-refractivity contribution in [1.29, 1.82) is 0 Å². The van der Waals surface area contributed by atoms with Gasteiger partial charge in [0.1, 0.15) is 5.82 Å². The van der Waals surface area contributed by atoms with Crippen LogP contribution in [0, 0.1) is 12.7 Å². The van der Waals surface area contributed by atoms with Crippen LogP contribution >= 0.6 is 0 Å². The minimum atomic E-state index is -4.49. The van der Waals surface area contributed by atoms with Crippen molar-refractivity contribution in [3.63, 3.8) is 0 Å². The number of nitrogens with zero attached hydrogens (tertiary/aromatic N) is 2. The van der Waals surface area contributed by atoms with Gasteiger partial charge in [0.15, 0.2) is 0 Å². The van der Waals surface area contributed by atoms with Crippen molar-refractivity contribution < 1.29 is 31.9 Å². The largest absolute Gasteiger partial charge is 0.465 e. The normalized spacial score (nSPS) is 14.6. The third-order valence-electron chi connectivity index (χ3n) is 6.75. The van der Waals surface area contributed by atoms with Gasteiger partial charge in [-0.3, -0.25) is 14.3 Å². The Kier molecular flexibility index (Phi) is 5.46. The van der Waals surface area contributed by atoms with Crippen LogP contribution in [0.1, 0.15) is 44.7 Å². The molecule has 184 valence electrons. The Morgan fingerprint density at radius 3 is 2.44 bits per heavy atom. The minimum absolute atomic E-state index is 0.0120. The van der Waals surface area contributed by atoms with Crippen molar-refractivity contribution >= 4 is 22.9 Å². The molecular formula is C27H20F4N2O3. The van der Waals surface area contributed by atoms with E-state index in [-0.39, 0.29) is 40.7 Å². The van der Waals surface area contributed by atoms with Crippen molar-refractivity contribution in [2.24, 2.45) is 0 Å². The summed E-state index contributed by atoms with van der Waals surface area (Å²) < 4.78 is 62.9. The third-order valence-corrected chi connectivity index (χ3v) is 6.75. The summed E-state index contributed by atoms with van der Waals surface area (Å²) in [4.78, 5) is 29.9. The molecule has 0 aliphatic heterocycles. The number of aromatic nitrogens is 2. The lowest BCUT2D eigenvalue weighted by atomic mass is 9.88. The highest BCUT2D eigenvalue weighted by atomic mass is 19.4. The fourth-order valence-corrected chi connectivity index (χ4v) is 4.70. The molecule has 4 aromatic rings. The number of hydrogen-bond donors (Lipinski definition) is 0. The Hall–Kier alpha value is -4.01. The molecule has 36 heavy (non-hydrogen) atoms. The van der Waals surface area contributed by atoms with E-state index in [1.54, 1.807) is 25.1 Å². The molecule has 0 amide bonds. The molecule has 2 aromatic carbocycles. The van der Waals surface area contributed by atoms with E-state index in [0.29, 0.717) is 16.6 Å². The summed E-state index contributed by atoms with van der Waals surface area (Å²) in [5.41, 5.74) is -0.752. The molecule has 0 saturated heterocycles. The number of hydrogen-bond acceptors (Lipinski definition) is 4. The third kappa shape index (κ3) is 3.57. The molecule has 2 heterocycles. The molecule has 1 saturated carbocycles. The molecule has 1 aliphatic carbocycles. The Morgan fingerprint density at radius 1 is 1.06 bits per heavy atom. The lowest BCUT2D eigenvalue weighted by Gasteiger charge is -2.23. The van der Waals surface area contributed by atoms with Gasteiger partial charge >= 0.3 is 12.1 Å². The molecule has 0 atom stereocenters. The number of rotatable bonds is 4. The van der Waals surface area contributed by atoms with Gasteiger partial charge in [-0.15, -0.1) is 0 Å². The second-order valence-corrected chi connectivity index (χ2v) is 8.85. The molecular weight excluding hydrogens is 476 g/mol. The van der Waals surface area contributed by atoms with Crippen LogP contribution in [0.3, 0.4) is 0 Å². The minimum Gasteiger partial charge on any atom is -0.465 e. The maximum Gasteiger partial charge on any atom is 0.398 e. The van der Waals surface area contributed by atoms with E-state index in [1.807, 2.05) is 0 Å². The molecule has 2 aromatic heterocycles. The Bertz CT molecular complexity index is 1530. The zero-order chi connectivity index (χ0) is 25.8. The van der Waals surface area contributed by atoms with Crippen LogP contribution in [0.5, 0.6) is 0 Å². The zero-order valence-electron chi connectivity index (χ0n) is 19.3. The van der Waals surface area contributed by atoms with E-state index in [0.717, 1.165) is 6.07 Å². The van der Waals surface area contributed by atoms with Gasteiger partial charge in [0.2, 0.25) is 0 Å². The predicted molar refractivity (Wildman–Crippen MR) is 124 cm³/mol. The number of fused-ring (bicyclic) bond motifs is 1. The highest BCUT2D eigenvalue weighted by Crippen LogP contribution is 2.60. The molecule has 5 rings (SSSR count). The van der Waals surface area contributed by atoms with E-state index in [4.69, 9.17) is 0 Å². The average Bonchev–Trinajstić information content (AvgIpc) is 3.59. The van der Waals surface area contributed by atoms with Gasteiger partial charge in [0.25, 0.3) is 5.91 Å². The van der Waals surface area contributed by atoms with Gasteiger partial charge < -0.3 is 4.74 Å². The number of aryl methyl sites for hydroxylation is 1. The number of alkyl halides is 3. The summed E-state index contributed by atoms with van der Waals surface area (Å²) in [6, 6.07) is 11.4. The first-order chi connectivity index (χ1) is 17.1. The maximum atomic E-state index is 15.1. The molecule has 0 radical (unpaired) electrons. The topological polar surface area (TPSA) is 61.2 Å². The lowest BCUT2D eigenvalue weighted by Crippen LogP contribution is -2.31. The summed E-state index contributed by atoms with van der Waals surface area (Å²) in [5, 5.41) is 0. The fraction of sp³-hybridized carbons (Fsp3) is 0.222. The number of esters is 1. The molecule has 0 N–H and O–H groups in total. The van der Waals surface area contributed by atoms with Crippen LogP contribution in [-0.2, 0) is 10.2 Å². The van der Waals surface area contributed by atoms with Gasteiger partial charge in [-0.1, -0.05) is 24.3 Å². The molecule has 0 spiro atoms. The first kappa shape index (κ1) is 23.7. The van der Waals surface area contributed by atoms with Gasteiger partial charge in [-0.25, -0.2) is 9.18 Å². The van der Waals surface area contributed by atoms with Crippen molar-refractivity contribution in [3.8, 4) is 11.1 Å². The van der Waals surface area contributed by atoms with E-state index in [2.05, 4.69) is 9.72 Å². The quantitative estimate of drug-likeness (QED) is 0.249. The molecule has 1 fully saturated rings. The van der Waals surface area contributed by atoms with Crippen molar-refractivity contribution in [3.05, 3.63) is 89.0 Å². The number of pyridine rings is 1. The number of methoxy groups -OCH3 is 1. The zero-order valence-corrected chi connectivity index (χ0v) is 19.3. The average molecular weight is 496 g/mol. The van der Waals surface area contributed by atoms with E-state index in [9.17, 15) is 22.8 Å². The Balaban J connectivity index is 1.68. The number of halogens is 4. The first-order valence-electron chi connectivity index (χ1n) is 11.1. The first-order valence-corrected chi connectivity index (χ1v) is 11.1. The van der Waals surface area contributed by atoms with E-state index >= 15 is 4.39 Å². The monoisotopic (exact) mass is 496 g/mol. The van der Waals surface area contributed by atoms with Crippen molar-refractivity contribution in [2.45, 2.75) is 31.4 Å². The highest BCUT2D eigenvalue weighted by Gasteiger charge is 2.65. The molecule has 0 unspecified atom stereocenters. The number of ether oxygens (including phenoxy) is 1. The highest BCUT2D eigenvalue weighted by molar-refractivity contribution is 6.07. The van der Waals surface area contributed by atoms with Crippen LogP contribution in [0.15, 0.2) is 60.9 Å². The summed E-state index contributed by atoms with van der Waals surface area (Å²) in [7, 11) is 1.18. The van der Waals surface area contributed by atoms with Gasteiger partial charge in [0.05, 0.1) is 29.1 Å². The summed E-state index contributed by atoms with van der Waals surface area (Å²) in [6.07, 6.45) is -1.82. The smallest absolute Gasteiger partial charge is 0.398 e. The Labute approximate surface area is 203 Å². The molecule has 0 bridgehead atoms.